The highest BCUT2D eigenvalue weighted by atomic mass is 35.5. The molecule has 4 N–H and O–H groups in total. The maximum Gasteiger partial charge on any atom is 0.416 e. The molecule has 0 spiro atoms. The summed E-state index contributed by atoms with van der Waals surface area (Å²) in [5, 5.41) is 2.48. The number of amides is 2. The lowest BCUT2D eigenvalue weighted by Gasteiger charge is -2.32. The number of halogens is 4. The van der Waals surface area contributed by atoms with E-state index < -0.39 is 29.6 Å². The van der Waals surface area contributed by atoms with Crippen molar-refractivity contribution in [1.82, 2.24) is 0 Å². The van der Waals surface area contributed by atoms with Crippen LogP contribution in [0.15, 0.2) is 18.2 Å². The molecule has 1 heterocycles. The first-order valence-electron chi connectivity index (χ1n) is 7.91. The number of piperidine rings is 1. The average Bonchev–Trinajstić information content (AvgIpc) is 2.55. The lowest BCUT2D eigenvalue weighted by atomic mass is 9.96. The van der Waals surface area contributed by atoms with Gasteiger partial charge in [0.05, 0.1) is 35.3 Å². The van der Waals surface area contributed by atoms with Crippen molar-refractivity contribution in [3.05, 3.63) is 28.8 Å². The Labute approximate surface area is 148 Å². The van der Waals surface area contributed by atoms with Crippen molar-refractivity contribution >= 4 is 29.1 Å². The van der Waals surface area contributed by atoms with Crippen molar-refractivity contribution in [3.8, 4) is 0 Å². The molecule has 1 unspecified atom stereocenters. The summed E-state index contributed by atoms with van der Waals surface area (Å²) >= 11 is 5.90. The van der Waals surface area contributed by atoms with E-state index in [1.54, 1.807) is 6.92 Å². The van der Waals surface area contributed by atoms with Gasteiger partial charge in [-0.05, 0) is 38.0 Å². The number of anilines is 1. The van der Waals surface area contributed by atoms with Crippen LogP contribution < -0.4 is 16.0 Å². The van der Waals surface area contributed by atoms with Crippen LogP contribution in [-0.2, 0) is 15.8 Å². The predicted octanol–water partition coefficient (Wildman–Crippen LogP) is 1.47. The molecule has 1 aliphatic rings. The fourth-order valence-corrected chi connectivity index (χ4v) is 3.12. The first-order chi connectivity index (χ1) is 11.6. The largest absolute Gasteiger partial charge is 0.416 e. The number of hydrogen-bond donors (Lipinski definition) is 3. The van der Waals surface area contributed by atoms with Gasteiger partial charge in [0.25, 0.3) is 5.91 Å². The molecule has 1 aromatic carbocycles. The normalized spacial score (nSPS) is 22.3. The second-order valence-electron chi connectivity index (χ2n) is 6.26. The van der Waals surface area contributed by atoms with Crippen molar-refractivity contribution < 1.29 is 27.7 Å². The summed E-state index contributed by atoms with van der Waals surface area (Å²) in [6.45, 7) is 2.78. The molecular formula is C16H20ClF3N3O2+. The maximum atomic E-state index is 12.8. The summed E-state index contributed by atoms with van der Waals surface area (Å²) in [5.74, 6) is -1.15. The van der Waals surface area contributed by atoms with Crippen LogP contribution >= 0.6 is 11.6 Å². The molecule has 5 nitrogen and oxygen atoms in total. The number of nitrogens with one attached hydrogen (secondary N) is 2. The quantitative estimate of drug-likeness (QED) is 0.742. The molecular weight excluding hydrogens is 359 g/mol. The zero-order valence-corrected chi connectivity index (χ0v) is 14.4. The summed E-state index contributed by atoms with van der Waals surface area (Å²) in [6.07, 6.45) is -3.08. The first-order valence-corrected chi connectivity index (χ1v) is 8.29. The van der Waals surface area contributed by atoms with Crippen molar-refractivity contribution in [3.63, 3.8) is 0 Å². The summed E-state index contributed by atoms with van der Waals surface area (Å²) < 4.78 is 38.4. The Bertz CT molecular complexity index is 667. The van der Waals surface area contributed by atoms with E-state index in [0.29, 0.717) is 19.5 Å². The first kappa shape index (κ1) is 19.5. The van der Waals surface area contributed by atoms with Gasteiger partial charge < -0.3 is 16.0 Å². The van der Waals surface area contributed by atoms with Crippen molar-refractivity contribution in [1.29, 1.82) is 0 Å². The van der Waals surface area contributed by atoms with E-state index in [-0.39, 0.29) is 16.6 Å². The molecule has 1 saturated heterocycles. The van der Waals surface area contributed by atoms with E-state index in [2.05, 4.69) is 5.32 Å². The van der Waals surface area contributed by atoms with Gasteiger partial charge in [-0.1, -0.05) is 11.6 Å². The van der Waals surface area contributed by atoms with Crippen LogP contribution in [0.2, 0.25) is 5.02 Å². The molecule has 0 saturated carbocycles. The fraction of sp³-hybridized carbons (Fsp3) is 0.500. The SMILES string of the molecule is C[C@H](C(=O)Nc1cc(C(F)(F)F)ccc1Cl)[NH+]1CCC[C@H](C(N)=O)C1. The maximum absolute atomic E-state index is 12.8. The summed E-state index contributed by atoms with van der Waals surface area (Å²) in [5.41, 5.74) is 4.35. The topological polar surface area (TPSA) is 76.6 Å². The molecule has 1 aromatic rings. The number of carbonyl (C=O) groups is 2. The van der Waals surface area contributed by atoms with Gasteiger partial charge in [-0.15, -0.1) is 0 Å². The van der Waals surface area contributed by atoms with Gasteiger partial charge in [0.15, 0.2) is 6.04 Å². The minimum absolute atomic E-state index is 0.0252. The van der Waals surface area contributed by atoms with Crippen LogP contribution in [0, 0.1) is 5.92 Å². The third-order valence-electron chi connectivity index (χ3n) is 4.52. The monoisotopic (exact) mass is 378 g/mol. The molecule has 9 heteroatoms. The van der Waals surface area contributed by atoms with Crippen LogP contribution in [0.5, 0.6) is 0 Å². The molecule has 1 fully saturated rings. The van der Waals surface area contributed by atoms with Crippen molar-refractivity contribution in [2.75, 3.05) is 18.4 Å². The van der Waals surface area contributed by atoms with Crippen molar-refractivity contribution in [2.45, 2.75) is 32.0 Å². The molecule has 138 valence electrons. The molecule has 2 amide bonds. The molecule has 2 rings (SSSR count). The minimum atomic E-state index is -4.53. The van der Waals surface area contributed by atoms with E-state index >= 15 is 0 Å². The van der Waals surface area contributed by atoms with Crippen LogP contribution in [-0.4, -0.2) is 30.9 Å². The summed E-state index contributed by atoms with van der Waals surface area (Å²) in [7, 11) is 0. The number of benzene rings is 1. The second kappa shape index (κ2) is 7.61. The third-order valence-corrected chi connectivity index (χ3v) is 4.85. The fourth-order valence-electron chi connectivity index (χ4n) is 2.96. The Balaban J connectivity index is 2.10. The number of quaternary nitrogens is 1. The Morgan fingerprint density at radius 1 is 1.40 bits per heavy atom. The Morgan fingerprint density at radius 2 is 2.08 bits per heavy atom. The highest BCUT2D eigenvalue weighted by Gasteiger charge is 2.34. The van der Waals surface area contributed by atoms with Gasteiger partial charge in [-0.3, -0.25) is 9.59 Å². The van der Waals surface area contributed by atoms with Gasteiger partial charge in [-0.2, -0.15) is 13.2 Å². The van der Waals surface area contributed by atoms with E-state index in [0.717, 1.165) is 29.5 Å². The zero-order valence-electron chi connectivity index (χ0n) is 13.6. The van der Waals surface area contributed by atoms with E-state index in [9.17, 15) is 22.8 Å². The smallest absolute Gasteiger partial charge is 0.369 e. The summed E-state index contributed by atoms with van der Waals surface area (Å²) in [6, 6.07) is 2.22. The molecule has 1 aliphatic heterocycles. The number of nitrogens with two attached hydrogens (primary N) is 1. The van der Waals surface area contributed by atoms with Gasteiger partial charge in [0.2, 0.25) is 5.91 Å². The standard InChI is InChI=1S/C16H19ClF3N3O2/c1-9(23-6-2-3-10(8-23)14(21)24)15(25)22-13-7-11(16(18,19)20)4-5-12(13)17/h4-5,7,9-10H,2-3,6,8H2,1H3,(H2,21,24)(H,22,25)/p+1/t9-,10+/m1/s1. The Hall–Kier alpha value is -1.80. The van der Waals surface area contributed by atoms with Gasteiger partial charge in [0.1, 0.15) is 0 Å². The van der Waals surface area contributed by atoms with Crippen LogP contribution in [0.25, 0.3) is 0 Å². The minimum Gasteiger partial charge on any atom is -0.369 e. The lowest BCUT2D eigenvalue weighted by molar-refractivity contribution is -0.921. The molecule has 0 bridgehead atoms. The summed E-state index contributed by atoms with van der Waals surface area (Å²) in [4.78, 5) is 24.6. The number of rotatable bonds is 4. The van der Waals surface area contributed by atoms with E-state index in [4.69, 9.17) is 17.3 Å². The number of likely N-dealkylation sites (tertiary alicyclic amines) is 1. The van der Waals surface area contributed by atoms with E-state index in [1.165, 1.54) is 0 Å². The predicted molar refractivity (Wildman–Crippen MR) is 87.2 cm³/mol. The zero-order chi connectivity index (χ0) is 18.8. The highest BCUT2D eigenvalue weighted by molar-refractivity contribution is 6.33. The molecule has 3 atom stereocenters. The number of alkyl halides is 3. The van der Waals surface area contributed by atoms with Gasteiger partial charge >= 0.3 is 6.18 Å². The number of primary amides is 1. The molecule has 0 aliphatic carbocycles. The van der Waals surface area contributed by atoms with Crippen molar-refractivity contribution in [2.24, 2.45) is 11.7 Å². The van der Waals surface area contributed by atoms with Gasteiger partial charge in [-0.25, -0.2) is 0 Å². The molecule has 0 radical (unpaired) electrons. The van der Waals surface area contributed by atoms with Crippen LogP contribution in [0.1, 0.15) is 25.3 Å². The molecule has 25 heavy (non-hydrogen) atoms. The third kappa shape index (κ3) is 4.85. The number of carbonyl (C=O) groups excluding carboxylic acids is 2. The average molecular weight is 379 g/mol. The van der Waals surface area contributed by atoms with E-state index in [1.807, 2.05) is 0 Å². The highest BCUT2D eigenvalue weighted by Crippen LogP contribution is 2.33. The molecule has 0 aromatic heterocycles. The number of hydrogen-bond acceptors (Lipinski definition) is 2. The van der Waals surface area contributed by atoms with Crippen LogP contribution in [0.4, 0.5) is 18.9 Å². The lowest BCUT2D eigenvalue weighted by Crippen LogP contribution is -3.18. The van der Waals surface area contributed by atoms with Crippen LogP contribution in [0.3, 0.4) is 0 Å². The Kier molecular flexibility index (Phi) is 5.95. The van der Waals surface area contributed by atoms with Gasteiger partial charge in [0, 0.05) is 0 Å². The Morgan fingerprint density at radius 3 is 2.68 bits per heavy atom. The second-order valence-corrected chi connectivity index (χ2v) is 6.66.